The van der Waals surface area contributed by atoms with E-state index < -0.39 is 11.7 Å². The first-order valence-electron chi connectivity index (χ1n) is 6.69. The number of benzene rings is 1. The summed E-state index contributed by atoms with van der Waals surface area (Å²) in [5.74, 6) is 0.449. The molecule has 1 saturated heterocycles. The number of rotatable bonds is 3. The first-order chi connectivity index (χ1) is 9.38. The van der Waals surface area contributed by atoms with Gasteiger partial charge in [-0.2, -0.15) is 13.2 Å². The molecule has 1 atom stereocenters. The first kappa shape index (κ1) is 15.0. The maximum atomic E-state index is 12.6. The van der Waals surface area contributed by atoms with Crippen LogP contribution in [-0.4, -0.2) is 19.3 Å². The molecule has 1 aromatic rings. The quantitative estimate of drug-likeness (QED) is 0.837. The summed E-state index contributed by atoms with van der Waals surface area (Å²) in [5, 5.41) is 3.21. The van der Waals surface area contributed by atoms with Gasteiger partial charge in [0, 0.05) is 19.3 Å². The van der Waals surface area contributed by atoms with Crippen molar-refractivity contribution in [2.45, 2.75) is 32.0 Å². The minimum Gasteiger partial charge on any atom is -0.397 e. The van der Waals surface area contributed by atoms with Gasteiger partial charge in [-0.15, -0.1) is 0 Å². The van der Waals surface area contributed by atoms with E-state index in [9.17, 15) is 13.2 Å². The standard InChI is InChI=1S/C14H19F3N2O/c1-9(10-4-6-20-7-5-10)19-13-3-2-11(8-12(13)18)14(15,16)17/h2-3,8-10,19H,4-7,18H2,1H3. The summed E-state index contributed by atoms with van der Waals surface area (Å²) >= 11 is 0. The van der Waals surface area contributed by atoms with Crippen LogP contribution in [0.2, 0.25) is 0 Å². The highest BCUT2D eigenvalue weighted by Crippen LogP contribution is 2.33. The summed E-state index contributed by atoms with van der Waals surface area (Å²) in [5.41, 5.74) is 5.66. The Morgan fingerprint density at radius 1 is 1.30 bits per heavy atom. The van der Waals surface area contributed by atoms with Crippen molar-refractivity contribution in [3.63, 3.8) is 0 Å². The van der Waals surface area contributed by atoms with Crippen molar-refractivity contribution in [1.82, 2.24) is 0 Å². The van der Waals surface area contributed by atoms with Gasteiger partial charge in [-0.05, 0) is 43.9 Å². The smallest absolute Gasteiger partial charge is 0.397 e. The molecule has 20 heavy (non-hydrogen) atoms. The van der Waals surface area contributed by atoms with E-state index in [2.05, 4.69) is 5.32 Å². The lowest BCUT2D eigenvalue weighted by Crippen LogP contribution is -2.31. The Bertz CT molecular complexity index is 456. The maximum Gasteiger partial charge on any atom is 0.416 e. The van der Waals surface area contributed by atoms with E-state index in [1.54, 1.807) is 0 Å². The van der Waals surface area contributed by atoms with Crippen LogP contribution in [0.1, 0.15) is 25.3 Å². The molecule has 1 aromatic carbocycles. The predicted molar refractivity (Wildman–Crippen MR) is 72.5 cm³/mol. The molecule has 3 nitrogen and oxygen atoms in total. The van der Waals surface area contributed by atoms with Gasteiger partial charge in [0.25, 0.3) is 0 Å². The molecule has 0 saturated carbocycles. The lowest BCUT2D eigenvalue weighted by molar-refractivity contribution is -0.137. The van der Waals surface area contributed by atoms with Crippen molar-refractivity contribution < 1.29 is 17.9 Å². The topological polar surface area (TPSA) is 47.3 Å². The molecule has 0 aromatic heterocycles. The largest absolute Gasteiger partial charge is 0.416 e. The predicted octanol–water partition coefficient (Wildman–Crippen LogP) is 3.51. The number of halogens is 3. The van der Waals surface area contributed by atoms with Crippen molar-refractivity contribution in [3.8, 4) is 0 Å². The molecule has 0 radical (unpaired) electrons. The Morgan fingerprint density at radius 2 is 1.95 bits per heavy atom. The van der Waals surface area contributed by atoms with Crippen LogP contribution in [0.4, 0.5) is 24.5 Å². The van der Waals surface area contributed by atoms with Crippen LogP contribution in [0, 0.1) is 5.92 Å². The normalized spacial score (nSPS) is 18.8. The SMILES string of the molecule is CC(Nc1ccc(C(F)(F)F)cc1N)C1CCOCC1. The summed E-state index contributed by atoms with van der Waals surface area (Å²) in [7, 11) is 0. The van der Waals surface area contributed by atoms with Crippen LogP contribution in [-0.2, 0) is 10.9 Å². The van der Waals surface area contributed by atoms with Crippen LogP contribution in [0.25, 0.3) is 0 Å². The van der Waals surface area contributed by atoms with E-state index >= 15 is 0 Å². The van der Waals surface area contributed by atoms with Gasteiger partial charge in [-0.3, -0.25) is 0 Å². The number of hydrogen-bond donors (Lipinski definition) is 2. The van der Waals surface area contributed by atoms with Crippen LogP contribution in [0.3, 0.4) is 0 Å². The van der Waals surface area contributed by atoms with Gasteiger partial charge in [0.15, 0.2) is 0 Å². The monoisotopic (exact) mass is 288 g/mol. The third-order valence-corrected chi connectivity index (χ3v) is 3.74. The molecule has 0 bridgehead atoms. The van der Waals surface area contributed by atoms with Crippen molar-refractivity contribution in [1.29, 1.82) is 0 Å². The molecule has 3 N–H and O–H groups in total. The molecule has 1 unspecified atom stereocenters. The van der Waals surface area contributed by atoms with Gasteiger partial charge in [-0.1, -0.05) is 0 Å². The van der Waals surface area contributed by atoms with Gasteiger partial charge in [-0.25, -0.2) is 0 Å². The highest BCUT2D eigenvalue weighted by atomic mass is 19.4. The number of nitrogens with one attached hydrogen (secondary N) is 1. The zero-order valence-electron chi connectivity index (χ0n) is 11.3. The zero-order chi connectivity index (χ0) is 14.8. The molecule has 1 aliphatic rings. The molecule has 1 aliphatic heterocycles. The fraction of sp³-hybridized carbons (Fsp3) is 0.571. The summed E-state index contributed by atoms with van der Waals surface area (Å²) in [4.78, 5) is 0. The number of anilines is 2. The van der Waals surface area contributed by atoms with E-state index in [0.717, 1.165) is 38.2 Å². The molecule has 1 fully saturated rings. The number of nitrogen functional groups attached to an aromatic ring is 1. The van der Waals surface area contributed by atoms with Crippen LogP contribution >= 0.6 is 0 Å². The minimum atomic E-state index is -4.36. The average molecular weight is 288 g/mol. The van der Waals surface area contributed by atoms with E-state index in [4.69, 9.17) is 10.5 Å². The number of alkyl halides is 3. The first-order valence-corrected chi connectivity index (χ1v) is 6.69. The molecule has 2 rings (SSSR count). The molecule has 112 valence electrons. The third-order valence-electron chi connectivity index (χ3n) is 3.74. The molecular weight excluding hydrogens is 269 g/mol. The Kier molecular flexibility index (Phi) is 4.42. The highest BCUT2D eigenvalue weighted by molar-refractivity contribution is 5.67. The van der Waals surface area contributed by atoms with Crippen LogP contribution < -0.4 is 11.1 Å². The van der Waals surface area contributed by atoms with Crippen molar-refractivity contribution >= 4 is 11.4 Å². The zero-order valence-corrected chi connectivity index (χ0v) is 11.3. The molecular formula is C14H19F3N2O. The molecule has 1 heterocycles. The van der Waals surface area contributed by atoms with Gasteiger partial charge in [0.05, 0.1) is 16.9 Å². The second-order valence-corrected chi connectivity index (χ2v) is 5.18. The lowest BCUT2D eigenvalue weighted by Gasteiger charge is -2.29. The number of nitrogens with two attached hydrogens (primary N) is 1. The second-order valence-electron chi connectivity index (χ2n) is 5.18. The highest BCUT2D eigenvalue weighted by Gasteiger charge is 2.31. The summed E-state index contributed by atoms with van der Waals surface area (Å²) in [6.45, 7) is 3.49. The summed E-state index contributed by atoms with van der Waals surface area (Å²) in [6.07, 6.45) is -2.46. The molecule has 0 aliphatic carbocycles. The summed E-state index contributed by atoms with van der Waals surface area (Å²) in [6, 6.07) is 3.57. The second kappa shape index (κ2) is 5.91. The molecule has 6 heteroatoms. The number of hydrogen-bond acceptors (Lipinski definition) is 3. The van der Waals surface area contributed by atoms with Gasteiger partial charge in [0.1, 0.15) is 0 Å². The van der Waals surface area contributed by atoms with E-state index in [1.165, 1.54) is 6.07 Å². The average Bonchev–Trinajstić information content (AvgIpc) is 2.41. The Hall–Kier alpha value is -1.43. The fourth-order valence-electron chi connectivity index (χ4n) is 2.45. The molecule has 0 spiro atoms. The van der Waals surface area contributed by atoms with Gasteiger partial charge >= 0.3 is 6.18 Å². The number of ether oxygens (including phenoxy) is 1. The molecule has 0 amide bonds. The third kappa shape index (κ3) is 3.56. The Morgan fingerprint density at radius 3 is 2.50 bits per heavy atom. The van der Waals surface area contributed by atoms with Crippen molar-refractivity contribution in [2.75, 3.05) is 24.3 Å². The Labute approximate surface area is 116 Å². The van der Waals surface area contributed by atoms with Gasteiger partial charge in [0.2, 0.25) is 0 Å². The van der Waals surface area contributed by atoms with Crippen LogP contribution in [0.5, 0.6) is 0 Å². The maximum absolute atomic E-state index is 12.6. The van der Waals surface area contributed by atoms with E-state index in [-0.39, 0.29) is 11.7 Å². The van der Waals surface area contributed by atoms with E-state index in [1.807, 2.05) is 6.92 Å². The fourth-order valence-corrected chi connectivity index (χ4v) is 2.45. The minimum absolute atomic E-state index is 0.124. The van der Waals surface area contributed by atoms with E-state index in [0.29, 0.717) is 11.6 Å². The lowest BCUT2D eigenvalue weighted by atomic mass is 9.92. The van der Waals surface area contributed by atoms with Crippen molar-refractivity contribution in [3.05, 3.63) is 23.8 Å². The van der Waals surface area contributed by atoms with Crippen molar-refractivity contribution in [2.24, 2.45) is 5.92 Å². The summed E-state index contributed by atoms with van der Waals surface area (Å²) < 4.78 is 43.0. The Balaban J connectivity index is 2.05. The van der Waals surface area contributed by atoms with Gasteiger partial charge < -0.3 is 15.8 Å². The van der Waals surface area contributed by atoms with Crippen LogP contribution in [0.15, 0.2) is 18.2 Å².